The Morgan fingerprint density at radius 1 is 1.16 bits per heavy atom. The minimum atomic E-state index is -4.45. The first-order chi connectivity index (χ1) is 14.8. The zero-order valence-corrected chi connectivity index (χ0v) is 17.4. The molecule has 0 bridgehead atoms. The zero-order chi connectivity index (χ0) is 22.0. The fourth-order valence-corrected chi connectivity index (χ4v) is 3.93. The third-order valence-corrected chi connectivity index (χ3v) is 5.63. The van der Waals surface area contributed by atoms with E-state index < -0.39 is 11.7 Å². The summed E-state index contributed by atoms with van der Waals surface area (Å²) in [6, 6.07) is 8.40. The molecule has 2 aromatic carbocycles. The van der Waals surface area contributed by atoms with E-state index in [2.05, 4.69) is 15.2 Å². The van der Waals surface area contributed by atoms with Gasteiger partial charge in [-0.15, -0.1) is 0 Å². The second kappa shape index (κ2) is 8.88. The number of nitrogens with one attached hydrogen (secondary N) is 1. The largest absolute Gasteiger partial charge is 0.439 e. The van der Waals surface area contributed by atoms with Crippen molar-refractivity contribution < 1.29 is 22.4 Å². The molecule has 31 heavy (non-hydrogen) atoms. The van der Waals surface area contributed by atoms with Gasteiger partial charge in [0.1, 0.15) is 5.52 Å². The number of rotatable bonds is 6. The predicted octanol–water partition coefficient (Wildman–Crippen LogP) is 5.67. The number of anilines is 1. The van der Waals surface area contributed by atoms with Gasteiger partial charge in [0.25, 0.3) is 0 Å². The molecule has 9 heteroatoms. The van der Waals surface area contributed by atoms with E-state index in [1.165, 1.54) is 18.9 Å². The third-order valence-electron chi connectivity index (χ3n) is 5.27. The summed E-state index contributed by atoms with van der Waals surface area (Å²) >= 11 is 5.95. The predicted molar refractivity (Wildman–Crippen MR) is 112 cm³/mol. The van der Waals surface area contributed by atoms with E-state index in [1.54, 1.807) is 18.2 Å². The molecule has 1 aliphatic heterocycles. The molecule has 0 radical (unpaired) electrons. The number of alkyl halides is 3. The lowest BCUT2D eigenvalue weighted by atomic mass is 10.1. The molecule has 1 aromatic heterocycles. The summed E-state index contributed by atoms with van der Waals surface area (Å²) in [6.07, 6.45) is -1.76. The minimum absolute atomic E-state index is 0.00262. The Balaban J connectivity index is 1.36. The lowest BCUT2D eigenvalue weighted by Gasteiger charge is -2.10. The standard InChI is InChI=1S/C22H21ClF3N3O2/c23-17-11-15(22(24,25)26)5-3-14(17)4-8-20(30)27-16-6-7-19-18(12-16)28-21(31-19)13-29-9-1-2-10-29/h3,5-7,11-12H,1-2,4,8-10,13H2,(H,27,30). The lowest BCUT2D eigenvalue weighted by Crippen LogP contribution is -2.18. The smallest absolute Gasteiger partial charge is 0.416 e. The molecule has 2 heterocycles. The van der Waals surface area contributed by atoms with Crippen molar-refractivity contribution in [2.75, 3.05) is 18.4 Å². The Labute approximate surface area is 182 Å². The molecule has 164 valence electrons. The number of hydrogen-bond acceptors (Lipinski definition) is 4. The fourth-order valence-electron chi connectivity index (χ4n) is 3.65. The molecule has 1 saturated heterocycles. The molecule has 1 aliphatic rings. The van der Waals surface area contributed by atoms with Crippen LogP contribution >= 0.6 is 11.6 Å². The molecule has 0 unspecified atom stereocenters. The second-order valence-electron chi connectivity index (χ2n) is 7.63. The summed E-state index contributed by atoms with van der Waals surface area (Å²) in [7, 11) is 0. The van der Waals surface area contributed by atoms with Crippen LogP contribution in [0.5, 0.6) is 0 Å². The highest BCUT2D eigenvalue weighted by Crippen LogP contribution is 2.32. The summed E-state index contributed by atoms with van der Waals surface area (Å²) in [5, 5.41) is 2.79. The van der Waals surface area contributed by atoms with Crippen molar-refractivity contribution in [1.82, 2.24) is 9.88 Å². The highest BCUT2D eigenvalue weighted by Gasteiger charge is 2.30. The number of benzene rings is 2. The van der Waals surface area contributed by atoms with Crippen molar-refractivity contribution in [1.29, 1.82) is 0 Å². The van der Waals surface area contributed by atoms with Gasteiger partial charge >= 0.3 is 6.18 Å². The van der Waals surface area contributed by atoms with E-state index >= 15 is 0 Å². The fraction of sp³-hybridized carbons (Fsp3) is 0.364. The molecule has 0 spiro atoms. The van der Waals surface area contributed by atoms with E-state index in [-0.39, 0.29) is 23.8 Å². The van der Waals surface area contributed by atoms with Gasteiger partial charge in [-0.25, -0.2) is 4.98 Å². The SMILES string of the molecule is O=C(CCc1ccc(C(F)(F)F)cc1Cl)Nc1ccc2oc(CN3CCCC3)nc2c1. The molecule has 0 atom stereocenters. The molecule has 0 aliphatic carbocycles. The van der Waals surface area contributed by atoms with Gasteiger partial charge in [-0.2, -0.15) is 13.2 Å². The van der Waals surface area contributed by atoms with Crippen molar-refractivity contribution in [3.05, 3.63) is 58.4 Å². The lowest BCUT2D eigenvalue weighted by molar-refractivity contribution is -0.137. The molecule has 5 nitrogen and oxygen atoms in total. The zero-order valence-electron chi connectivity index (χ0n) is 16.6. The maximum Gasteiger partial charge on any atom is 0.416 e. The number of likely N-dealkylation sites (tertiary alicyclic amines) is 1. The Hall–Kier alpha value is -2.58. The molecule has 1 amide bonds. The maximum absolute atomic E-state index is 12.7. The number of amides is 1. The first-order valence-electron chi connectivity index (χ1n) is 10.1. The van der Waals surface area contributed by atoms with Crippen molar-refractivity contribution in [2.45, 2.75) is 38.4 Å². The Bertz CT molecular complexity index is 1090. The number of aromatic nitrogens is 1. The van der Waals surface area contributed by atoms with Crippen molar-refractivity contribution in [2.24, 2.45) is 0 Å². The van der Waals surface area contributed by atoms with Crippen LogP contribution in [-0.2, 0) is 23.9 Å². The van der Waals surface area contributed by atoms with Gasteiger partial charge in [0.05, 0.1) is 12.1 Å². The summed E-state index contributed by atoms with van der Waals surface area (Å²) < 4.78 is 44.0. The van der Waals surface area contributed by atoms with Crippen molar-refractivity contribution >= 4 is 34.3 Å². The number of nitrogens with zero attached hydrogens (tertiary/aromatic N) is 2. The van der Waals surface area contributed by atoms with Crippen LogP contribution in [0.4, 0.5) is 18.9 Å². The molecule has 1 N–H and O–H groups in total. The number of carbonyl (C=O) groups is 1. The van der Waals surface area contributed by atoms with E-state index in [4.69, 9.17) is 16.0 Å². The Morgan fingerprint density at radius 3 is 2.65 bits per heavy atom. The van der Waals surface area contributed by atoms with Crippen molar-refractivity contribution in [3.63, 3.8) is 0 Å². The second-order valence-corrected chi connectivity index (χ2v) is 8.03. The number of halogens is 4. The van der Waals surface area contributed by atoms with Crippen LogP contribution in [0.15, 0.2) is 40.8 Å². The number of aryl methyl sites for hydroxylation is 1. The third kappa shape index (κ3) is 5.37. The van der Waals surface area contributed by atoms with Crippen LogP contribution in [0.25, 0.3) is 11.1 Å². The minimum Gasteiger partial charge on any atom is -0.439 e. The average molecular weight is 452 g/mol. The molecule has 0 saturated carbocycles. The van der Waals surface area contributed by atoms with Gasteiger partial charge < -0.3 is 9.73 Å². The number of carbonyl (C=O) groups excluding carboxylic acids is 1. The monoisotopic (exact) mass is 451 g/mol. The quantitative estimate of drug-likeness (QED) is 0.525. The first-order valence-corrected chi connectivity index (χ1v) is 10.4. The van der Waals surface area contributed by atoms with Crippen LogP contribution in [0.3, 0.4) is 0 Å². The summed E-state index contributed by atoms with van der Waals surface area (Å²) in [6.45, 7) is 2.76. The Morgan fingerprint density at radius 2 is 1.94 bits per heavy atom. The first kappa shape index (κ1) is 21.6. The highest BCUT2D eigenvalue weighted by molar-refractivity contribution is 6.31. The Kier molecular flexibility index (Phi) is 6.20. The summed E-state index contributed by atoms with van der Waals surface area (Å²) in [4.78, 5) is 19.1. The van der Waals surface area contributed by atoms with Crippen LogP contribution in [-0.4, -0.2) is 28.9 Å². The number of hydrogen-bond donors (Lipinski definition) is 1. The molecule has 3 aromatic rings. The topological polar surface area (TPSA) is 58.4 Å². The highest BCUT2D eigenvalue weighted by atomic mass is 35.5. The molecular weight excluding hydrogens is 431 g/mol. The van der Waals surface area contributed by atoms with Gasteiger partial charge in [0.15, 0.2) is 5.58 Å². The van der Waals surface area contributed by atoms with Crippen LogP contribution in [0.2, 0.25) is 5.02 Å². The number of fused-ring (bicyclic) bond motifs is 1. The summed E-state index contributed by atoms with van der Waals surface area (Å²) in [5.41, 5.74) is 1.58. The normalized spacial score (nSPS) is 15.0. The van der Waals surface area contributed by atoms with Gasteiger partial charge in [-0.05, 0) is 68.2 Å². The molecular formula is C22H21ClF3N3O2. The van der Waals surface area contributed by atoms with Crippen LogP contribution < -0.4 is 5.32 Å². The number of oxazole rings is 1. The van der Waals surface area contributed by atoms with Crippen LogP contribution in [0, 0.1) is 0 Å². The van der Waals surface area contributed by atoms with Crippen LogP contribution in [0.1, 0.15) is 36.3 Å². The van der Waals surface area contributed by atoms with Crippen molar-refractivity contribution in [3.8, 4) is 0 Å². The van der Waals surface area contributed by atoms with E-state index in [0.717, 1.165) is 25.2 Å². The summed E-state index contributed by atoms with van der Waals surface area (Å²) in [5.74, 6) is 0.383. The maximum atomic E-state index is 12.7. The van der Waals surface area contributed by atoms with E-state index in [1.807, 2.05) is 0 Å². The van der Waals surface area contributed by atoms with E-state index in [0.29, 0.717) is 34.8 Å². The van der Waals surface area contributed by atoms with E-state index in [9.17, 15) is 18.0 Å². The van der Waals surface area contributed by atoms with Gasteiger partial charge in [0.2, 0.25) is 11.8 Å². The molecule has 4 rings (SSSR count). The average Bonchev–Trinajstić information content (AvgIpc) is 3.35. The van der Waals surface area contributed by atoms with Gasteiger partial charge in [-0.1, -0.05) is 17.7 Å². The molecule has 1 fully saturated rings. The van der Waals surface area contributed by atoms with Gasteiger partial charge in [-0.3, -0.25) is 9.69 Å². The van der Waals surface area contributed by atoms with Gasteiger partial charge in [0, 0.05) is 17.1 Å².